The zero-order chi connectivity index (χ0) is 19.1. The summed E-state index contributed by atoms with van der Waals surface area (Å²) in [6.07, 6.45) is 0.725. The number of carbonyl (C=O) groups excluding carboxylic acids is 2. The Morgan fingerprint density at radius 3 is 2.48 bits per heavy atom. The molecule has 0 aliphatic carbocycles. The summed E-state index contributed by atoms with van der Waals surface area (Å²) in [4.78, 5) is 28.6. The van der Waals surface area contributed by atoms with Gasteiger partial charge in [-0.2, -0.15) is 5.26 Å². The molecule has 2 aromatic rings. The highest BCUT2D eigenvalue weighted by atomic mass is 16.2. The van der Waals surface area contributed by atoms with Gasteiger partial charge >= 0.3 is 6.03 Å². The highest BCUT2D eigenvalue weighted by molar-refractivity contribution is 5.94. The fraction of sp³-hybridized carbons (Fsp3) is 0.286. The number of nitriles is 1. The molecular formula is C21H22N4O2. The zero-order valence-corrected chi connectivity index (χ0v) is 15.1. The molecule has 0 saturated carbocycles. The second-order valence-electron chi connectivity index (χ2n) is 6.47. The number of nitrogens with zero attached hydrogens (tertiary/aromatic N) is 3. The summed E-state index contributed by atoms with van der Waals surface area (Å²) in [5.74, 6) is -0.0985. The van der Waals surface area contributed by atoms with Crippen molar-refractivity contribution >= 4 is 11.9 Å². The second-order valence-corrected chi connectivity index (χ2v) is 6.47. The summed E-state index contributed by atoms with van der Waals surface area (Å²) in [5.41, 5.74) is 2.03. The average molecular weight is 362 g/mol. The number of carbonyl (C=O) groups is 2. The van der Waals surface area contributed by atoms with E-state index in [0.29, 0.717) is 43.9 Å². The number of nitrogens with one attached hydrogen (secondary N) is 1. The molecule has 2 aromatic carbocycles. The van der Waals surface area contributed by atoms with Crippen LogP contribution in [0.3, 0.4) is 0 Å². The van der Waals surface area contributed by atoms with Crippen LogP contribution in [0.25, 0.3) is 0 Å². The van der Waals surface area contributed by atoms with Crippen LogP contribution in [0.5, 0.6) is 0 Å². The molecule has 6 nitrogen and oxygen atoms in total. The third-order valence-corrected chi connectivity index (χ3v) is 4.60. The lowest BCUT2D eigenvalue weighted by Crippen LogP contribution is -2.42. The van der Waals surface area contributed by atoms with E-state index in [1.807, 2.05) is 30.3 Å². The lowest BCUT2D eigenvalue weighted by atomic mass is 10.1. The summed E-state index contributed by atoms with van der Waals surface area (Å²) in [7, 11) is 0. The average Bonchev–Trinajstić information content (AvgIpc) is 2.98. The number of amides is 3. The van der Waals surface area contributed by atoms with Crippen molar-refractivity contribution in [1.29, 1.82) is 5.26 Å². The van der Waals surface area contributed by atoms with E-state index >= 15 is 0 Å². The van der Waals surface area contributed by atoms with Gasteiger partial charge in [0.05, 0.1) is 11.6 Å². The van der Waals surface area contributed by atoms with Gasteiger partial charge in [-0.3, -0.25) is 4.79 Å². The highest BCUT2D eigenvalue weighted by Crippen LogP contribution is 2.11. The van der Waals surface area contributed by atoms with E-state index in [0.717, 1.165) is 12.0 Å². The number of urea groups is 1. The highest BCUT2D eigenvalue weighted by Gasteiger charge is 2.22. The molecule has 0 spiro atoms. The number of hydrogen-bond acceptors (Lipinski definition) is 3. The molecule has 3 rings (SSSR count). The smallest absolute Gasteiger partial charge is 0.317 e. The fourth-order valence-electron chi connectivity index (χ4n) is 3.11. The largest absolute Gasteiger partial charge is 0.337 e. The fourth-order valence-corrected chi connectivity index (χ4v) is 3.11. The topological polar surface area (TPSA) is 76.4 Å². The standard InChI is InChI=1S/C21H22N4O2/c22-15-18-8-4-9-19(14-18)20(26)24-10-5-11-25(13-12-24)21(27)23-16-17-6-2-1-3-7-17/h1-4,6-9,14H,5,10-13,16H2,(H,23,27). The van der Waals surface area contributed by atoms with E-state index < -0.39 is 0 Å². The Labute approximate surface area is 159 Å². The molecule has 1 aliphatic rings. The number of rotatable bonds is 3. The van der Waals surface area contributed by atoms with Crippen molar-refractivity contribution in [3.8, 4) is 6.07 Å². The Hall–Kier alpha value is -3.33. The lowest BCUT2D eigenvalue weighted by molar-refractivity contribution is 0.0762. The van der Waals surface area contributed by atoms with Crippen LogP contribution < -0.4 is 5.32 Å². The maximum absolute atomic E-state index is 12.7. The van der Waals surface area contributed by atoms with Gasteiger partial charge in [-0.15, -0.1) is 0 Å². The van der Waals surface area contributed by atoms with E-state index in [1.54, 1.807) is 34.1 Å². The van der Waals surface area contributed by atoms with Gasteiger partial charge in [-0.05, 0) is 30.2 Å². The van der Waals surface area contributed by atoms with Gasteiger partial charge < -0.3 is 15.1 Å². The molecule has 0 bridgehead atoms. The molecule has 27 heavy (non-hydrogen) atoms. The van der Waals surface area contributed by atoms with E-state index in [-0.39, 0.29) is 11.9 Å². The van der Waals surface area contributed by atoms with Crippen LogP contribution in [0.1, 0.15) is 27.9 Å². The summed E-state index contributed by atoms with van der Waals surface area (Å²) in [5, 5.41) is 11.9. The molecule has 1 heterocycles. The van der Waals surface area contributed by atoms with Crippen molar-refractivity contribution in [3.05, 3.63) is 71.3 Å². The molecule has 0 radical (unpaired) electrons. The summed E-state index contributed by atoms with van der Waals surface area (Å²) in [6.45, 7) is 2.67. The minimum absolute atomic E-state index is 0.0985. The summed E-state index contributed by atoms with van der Waals surface area (Å²) < 4.78 is 0. The van der Waals surface area contributed by atoms with Crippen molar-refractivity contribution in [1.82, 2.24) is 15.1 Å². The third kappa shape index (κ3) is 4.85. The molecule has 0 unspecified atom stereocenters. The zero-order valence-electron chi connectivity index (χ0n) is 15.1. The normalized spacial score (nSPS) is 14.2. The Bertz CT molecular complexity index is 845. The van der Waals surface area contributed by atoms with Crippen molar-refractivity contribution in [2.75, 3.05) is 26.2 Å². The lowest BCUT2D eigenvalue weighted by Gasteiger charge is -2.22. The van der Waals surface area contributed by atoms with E-state index in [9.17, 15) is 9.59 Å². The molecule has 1 aliphatic heterocycles. The van der Waals surface area contributed by atoms with Gasteiger partial charge in [0.1, 0.15) is 0 Å². The molecular weight excluding hydrogens is 340 g/mol. The van der Waals surface area contributed by atoms with Crippen LogP contribution in [0, 0.1) is 11.3 Å². The number of benzene rings is 2. The van der Waals surface area contributed by atoms with Gasteiger partial charge in [-0.25, -0.2) is 4.79 Å². The Balaban J connectivity index is 1.55. The monoisotopic (exact) mass is 362 g/mol. The van der Waals surface area contributed by atoms with Crippen molar-refractivity contribution < 1.29 is 9.59 Å². The van der Waals surface area contributed by atoms with Crippen LogP contribution in [0.15, 0.2) is 54.6 Å². The van der Waals surface area contributed by atoms with Gasteiger partial charge in [0.15, 0.2) is 0 Å². The van der Waals surface area contributed by atoms with Gasteiger partial charge in [-0.1, -0.05) is 36.4 Å². The van der Waals surface area contributed by atoms with Crippen molar-refractivity contribution in [2.45, 2.75) is 13.0 Å². The van der Waals surface area contributed by atoms with Crippen LogP contribution >= 0.6 is 0 Å². The van der Waals surface area contributed by atoms with Gasteiger partial charge in [0.25, 0.3) is 5.91 Å². The molecule has 1 fully saturated rings. The Morgan fingerprint density at radius 1 is 0.963 bits per heavy atom. The Kier molecular flexibility index (Phi) is 6.06. The summed E-state index contributed by atoms with van der Waals surface area (Å²) in [6, 6.07) is 18.4. The SMILES string of the molecule is N#Cc1cccc(C(=O)N2CCCN(C(=O)NCc3ccccc3)CC2)c1. The maximum atomic E-state index is 12.7. The number of hydrogen-bond donors (Lipinski definition) is 1. The minimum Gasteiger partial charge on any atom is -0.337 e. The quantitative estimate of drug-likeness (QED) is 0.912. The molecule has 6 heteroatoms. The van der Waals surface area contributed by atoms with E-state index in [1.165, 1.54) is 0 Å². The molecule has 0 atom stereocenters. The molecule has 3 amide bonds. The molecule has 1 N–H and O–H groups in total. The predicted molar refractivity (Wildman–Crippen MR) is 102 cm³/mol. The van der Waals surface area contributed by atoms with E-state index in [4.69, 9.17) is 5.26 Å². The first-order chi connectivity index (χ1) is 13.2. The van der Waals surface area contributed by atoms with Gasteiger partial charge in [0.2, 0.25) is 0 Å². The van der Waals surface area contributed by atoms with Crippen molar-refractivity contribution in [3.63, 3.8) is 0 Å². The van der Waals surface area contributed by atoms with Crippen LogP contribution in [0.2, 0.25) is 0 Å². The van der Waals surface area contributed by atoms with Gasteiger partial charge in [0, 0.05) is 38.3 Å². The second kappa shape index (κ2) is 8.86. The molecule has 0 aromatic heterocycles. The first-order valence-corrected chi connectivity index (χ1v) is 9.03. The van der Waals surface area contributed by atoms with Crippen molar-refractivity contribution in [2.24, 2.45) is 0 Å². The van der Waals surface area contributed by atoms with Crippen LogP contribution in [-0.4, -0.2) is 47.9 Å². The Morgan fingerprint density at radius 2 is 1.70 bits per heavy atom. The van der Waals surface area contributed by atoms with Crippen LogP contribution in [-0.2, 0) is 6.54 Å². The summed E-state index contributed by atoms with van der Waals surface area (Å²) >= 11 is 0. The van der Waals surface area contributed by atoms with Crippen LogP contribution in [0.4, 0.5) is 4.79 Å². The minimum atomic E-state index is -0.111. The molecule has 1 saturated heterocycles. The first-order valence-electron chi connectivity index (χ1n) is 9.03. The molecule has 138 valence electrons. The third-order valence-electron chi connectivity index (χ3n) is 4.60. The maximum Gasteiger partial charge on any atom is 0.317 e. The first kappa shape index (κ1) is 18.5. The van der Waals surface area contributed by atoms with E-state index in [2.05, 4.69) is 11.4 Å². The predicted octanol–water partition coefficient (Wildman–Crippen LogP) is 2.62.